The minimum atomic E-state index is -0.477. The first-order valence-electron chi connectivity index (χ1n) is 9.09. The molecule has 1 unspecified atom stereocenters. The summed E-state index contributed by atoms with van der Waals surface area (Å²) in [5, 5.41) is 19.5. The molecule has 3 rings (SSSR count). The number of benzene rings is 1. The predicted molar refractivity (Wildman–Crippen MR) is 107 cm³/mol. The van der Waals surface area contributed by atoms with E-state index >= 15 is 0 Å². The molecular weight excluding hydrogens is 369 g/mol. The number of halogens is 1. The Hall–Kier alpha value is -1.90. The molecule has 1 fully saturated rings. The number of carbonyl (C=O) groups is 1. The molecule has 0 radical (unpaired) electrons. The summed E-state index contributed by atoms with van der Waals surface area (Å²) in [5.41, 5.74) is 0.258. The number of thioether (sulfide) groups is 1. The zero-order valence-electron chi connectivity index (χ0n) is 15.9. The molecule has 0 saturated carbocycles. The minimum Gasteiger partial charge on any atom is -0.507 e. The number of phenols is 1. The number of aliphatic imine (C=N–C) groups is 1. The SMILES string of the molecule is CC.CC1CN(CCO)CCN1C1=NC(=O)/C(=C/c2cc(F)ccc2O)S1. The molecule has 1 atom stereocenters. The average molecular weight is 396 g/mol. The van der Waals surface area contributed by atoms with E-state index in [0.717, 1.165) is 25.7 Å². The molecule has 1 aromatic carbocycles. The molecule has 2 N–H and O–H groups in total. The van der Waals surface area contributed by atoms with Gasteiger partial charge in [0.15, 0.2) is 5.17 Å². The van der Waals surface area contributed by atoms with Crippen molar-refractivity contribution < 1.29 is 19.4 Å². The summed E-state index contributed by atoms with van der Waals surface area (Å²) in [6.45, 7) is 9.13. The fourth-order valence-electron chi connectivity index (χ4n) is 2.96. The molecule has 148 valence electrons. The normalized spacial score (nSPS) is 21.9. The number of β-amino-alcohol motifs (C(OH)–C–C–N with tert-alkyl or cyclic N) is 1. The van der Waals surface area contributed by atoms with Gasteiger partial charge in [0.25, 0.3) is 5.91 Å². The molecule has 0 bridgehead atoms. The average Bonchev–Trinajstić information content (AvgIpc) is 3.00. The molecule has 2 aliphatic heterocycles. The van der Waals surface area contributed by atoms with Gasteiger partial charge in [-0.05, 0) is 43.0 Å². The molecule has 0 spiro atoms. The van der Waals surface area contributed by atoms with Crippen LogP contribution in [0.3, 0.4) is 0 Å². The molecular formula is C19H26FN3O3S. The second-order valence-electron chi connectivity index (χ2n) is 6.08. The van der Waals surface area contributed by atoms with Gasteiger partial charge in [-0.3, -0.25) is 9.69 Å². The Morgan fingerprint density at radius 1 is 1.37 bits per heavy atom. The summed E-state index contributed by atoms with van der Waals surface area (Å²) in [7, 11) is 0. The van der Waals surface area contributed by atoms with Crippen molar-refractivity contribution in [2.75, 3.05) is 32.8 Å². The van der Waals surface area contributed by atoms with Crippen LogP contribution in [0.5, 0.6) is 5.75 Å². The van der Waals surface area contributed by atoms with Crippen molar-refractivity contribution in [1.29, 1.82) is 0 Å². The Labute approximate surface area is 163 Å². The van der Waals surface area contributed by atoms with Crippen molar-refractivity contribution in [3.05, 3.63) is 34.5 Å². The number of carbonyl (C=O) groups excluding carboxylic acids is 1. The number of rotatable bonds is 3. The second kappa shape index (κ2) is 9.87. The number of hydrogen-bond donors (Lipinski definition) is 2. The van der Waals surface area contributed by atoms with Crippen LogP contribution in [0.4, 0.5) is 4.39 Å². The van der Waals surface area contributed by atoms with Crippen molar-refractivity contribution in [3.8, 4) is 5.75 Å². The standard InChI is InChI=1S/C17H20FN3O3S.C2H6/c1-11-10-20(6-7-22)4-5-21(11)17-19-16(24)15(25-17)9-12-8-13(18)2-3-14(12)23;1-2/h2-3,8-9,11,22-23H,4-7,10H2,1H3;1-2H3/b15-9-;. The van der Waals surface area contributed by atoms with Gasteiger partial charge in [-0.25, -0.2) is 4.39 Å². The lowest BCUT2D eigenvalue weighted by atomic mass is 10.2. The fraction of sp³-hybridized carbons (Fsp3) is 0.474. The molecule has 1 saturated heterocycles. The molecule has 6 nitrogen and oxygen atoms in total. The lowest BCUT2D eigenvalue weighted by Crippen LogP contribution is -2.53. The highest BCUT2D eigenvalue weighted by molar-refractivity contribution is 8.18. The number of amides is 1. The van der Waals surface area contributed by atoms with Gasteiger partial charge in [0.2, 0.25) is 0 Å². The molecule has 27 heavy (non-hydrogen) atoms. The number of aromatic hydroxyl groups is 1. The number of aliphatic hydroxyl groups excluding tert-OH is 1. The lowest BCUT2D eigenvalue weighted by Gasteiger charge is -2.40. The highest BCUT2D eigenvalue weighted by atomic mass is 32.2. The van der Waals surface area contributed by atoms with Crippen LogP contribution >= 0.6 is 11.8 Å². The van der Waals surface area contributed by atoms with Crippen molar-refractivity contribution in [2.45, 2.75) is 26.8 Å². The van der Waals surface area contributed by atoms with Crippen LogP contribution in [-0.4, -0.2) is 69.9 Å². The van der Waals surface area contributed by atoms with Crippen LogP contribution in [0.1, 0.15) is 26.3 Å². The zero-order valence-corrected chi connectivity index (χ0v) is 16.7. The second-order valence-corrected chi connectivity index (χ2v) is 7.09. The topological polar surface area (TPSA) is 76.4 Å². The summed E-state index contributed by atoms with van der Waals surface area (Å²) in [5.74, 6) is -0.940. The quantitative estimate of drug-likeness (QED) is 0.766. The smallest absolute Gasteiger partial charge is 0.286 e. The monoisotopic (exact) mass is 395 g/mol. The van der Waals surface area contributed by atoms with E-state index in [4.69, 9.17) is 5.11 Å². The first kappa shape index (κ1) is 21.4. The number of amidine groups is 1. The number of hydrogen-bond acceptors (Lipinski definition) is 6. The largest absolute Gasteiger partial charge is 0.507 e. The summed E-state index contributed by atoms with van der Waals surface area (Å²) in [6.07, 6.45) is 1.47. The summed E-state index contributed by atoms with van der Waals surface area (Å²) >= 11 is 1.24. The van der Waals surface area contributed by atoms with Crippen molar-refractivity contribution in [1.82, 2.24) is 9.80 Å². The molecule has 0 aromatic heterocycles. The third-order valence-electron chi connectivity index (χ3n) is 4.26. The highest BCUT2D eigenvalue weighted by Gasteiger charge is 2.32. The fourth-order valence-corrected chi connectivity index (χ4v) is 4.00. The van der Waals surface area contributed by atoms with Gasteiger partial charge in [0.1, 0.15) is 11.6 Å². The Morgan fingerprint density at radius 2 is 2.11 bits per heavy atom. The van der Waals surface area contributed by atoms with E-state index in [0.29, 0.717) is 16.6 Å². The molecule has 1 amide bonds. The zero-order chi connectivity index (χ0) is 20.0. The number of nitrogens with zero attached hydrogens (tertiary/aromatic N) is 3. The molecule has 2 heterocycles. The lowest BCUT2D eigenvalue weighted by molar-refractivity contribution is -0.113. The van der Waals surface area contributed by atoms with Crippen LogP contribution < -0.4 is 0 Å². The van der Waals surface area contributed by atoms with E-state index in [1.54, 1.807) is 0 Å². The summed E-state index contributed by atoms with van der Waals surface area (Å²) in [4.78, 5) is 20.9. The number of piperazine rings is 1. The molecule has 2 aliphatic rings. The van der Waals surface area contributed by atoms with E-state index in [2.05, 4.69) is 21.7 Å². The van der Waals surface area contributed by atoms with Gasteiger partial charge < -0.3 is 15.1 Å². The molecule has 8 heteroatoms. The van der Waals surface area contributed by atoms with Gasteiger partial charge >= 0.3 is 0 Å². The first-order chi connectivity index (χ1) is 13.0. The van der Waals surface area contributed by atoms with E-state index < -0.39 is 5.82 Å². The number of aliphatic hydroxyl groups is 1. The van der Waals surface area contributed by atoms with E-state index in [1.165, 1.54) is 30.0 Å². The van der Waals surface area contributed by atoms with Crippen molar-refractivity contribution in [2.24, 2.45) is 4.99 Å². The predicted octanol–water partition coefficient (Wildman–Crippen LogP) is 2.53. The Kier molecular flexibility index (Phi) is 7.82. The van der Waals surface area contributed by atoms with E-state index in [1.807, 2.05) is 13.8 Å². The first-order valence-corrected chi connectivity index (χ1v) is 9.90. The van der Waals surface area contributed by atoms with Gasteiger partial charge in [0, 0.05) is 37.8 Å². The third kappa shape index (κ3) is 5.31. The van der Waals surface area contributed by atoms with Gasteiger partial charge in [0.05, 0.1) is 11.5 Å². The van der Waals surface area contributed by atoms with E-state index in [-0.39, 0.29) is 29.9 Å². The van der Waals surface area contributed by atoms with Crippen LogP contribution in [0, 0.1) is 5.82 Å². The minimum absolute atomic E-state index is 0.0817. The van der Waals surface area contributed by atoms with Gasteiger partial charge in [-0.1, -0.05) is 13.8 Å². The van der Waals surface area contributed by atoms with Gasteiger partial charge in [-0.2, -0.15) is 4.99 Å². The Balaban J connectivity index is 0.00000126. The van der Waals surface area contributed by atoms with Crippen LogP contribution in [-0.2, 0) is 4.79 Å². The van der Waals surface area contributed by atoms with Gasteiger partial charge in [-0.15, -0.1) is 0 Å². The third-order valence-corrected chi connectivity index (χ3v) is 5.28. The van der Waals surface area contributed by atoms with Crippen LogP contribution in [0.25, 0.3) is 6.08 Å². The molecule has 0 aliphatic carbocycles. The highest BCUT2D eigenvalue weighted by Crippen LogP contribution is 2.33. The Bertz CT molecular complexity index is 739. The maximum Gasteiger partial charge on any atom is 0.286 e. The summed E-state index contributed by atoms with van der Waals surface area (Å²) in [6, 6.07) is 3.78. The van der Waals surface area contributed by atoms with E-state index in [9.17, 15) is 14.3 Å². The molecule has 1 aromatic rings. The van der Waals surface area contributed by atoms with Crippen LogP contribution in [0.2, 0.25) is 0 Å². The Morgan fingerprint density at radius 3 is 2.78 bits per heavy atom. The van der Waals surface area contributed by atoms with Crippen molar-refractivity contribution in [3.63, 3.8) is 0 Å². The maximum atomic E-state index is 13.3. The maximum absolute atomic E-state index is 13.3. The van der Waals surface area contributed by atoms with Crippen molar-refractivity contribution >= 4 is 28.9 Å². The number of phenolic OH excluding ortho intramolecular Hbond substituents is 1. The summed E-state index contributed by atoms with van der Waals surface area (Å²) < 4.78 is 13.3. The van der Waals surface area contributed by atoms with Crippen LogP contribution in [0.15, 0.2) is 28.1 Å².